The molecular formula is C9H14N4O3. The van der Waals surface area contributed by atoms with Gasteiger partial charge in [-0.25, -0.2) is 4.98 Å². The minimum atomic E-state index is -0.409. The molecule has 0 saturated heterocycles. The number of aromatic nitrogens is 2. The molecule has 0 amide bonds. The molecule has 1 aromatic heterocycles. The first kappa shape index (κ1) is 12.0. The van der Waals surface area contributed by atoms with Gasteiger partial charge in [0.15, 0.2) is 5.82 Å². The molecule has 0 bridgehead atoms. The van der Waals surface area contributed by atoms with Gasteiger partial charge in [0, 0.05) is 6.54 Å². The van der Waals surface area contributed by atoms with E-state index in [1.165, 1.54) is 6.33 Å². The molecule has 4 N–H and O–H groups in total. The standard InChI is InChI=1S/C9H14N4O3/c1-2-16-6(14)3-4-11-8-7(10)9(15)13-5-12-8/h5H,2-4,10H2,1H3,(H2,11,12,13,15). The van der Waals surface area contributed by atoms with Crippen LogP contribution in [0.25, 0.3) is 0 Å². The van der Waals surface area contributed by atoms with Crippen molar-refractivity contribution in [2.24, 2.45) is 0 Å². The second-order valence-corrected chi connectivity index (χ2v) is 2.98. The van der Waals surface area contributed by atoms with Crippen LogP contribution in [-0.4, -0.2) is 29.1 Å². The summed E-state index contributed by atoms with van der Waals surface area (Å²) in [6, 6.07) is 0. The second kappa shape index (κ2) is 5.74. The number of aromatic amines is 1. The molecule has 1 aromatic rings. The van der Waals surface area contributed by atoms with Gasteiger partial charge < -0.3 is 20.8 Å². The molecule has 16 heavy (non-hydrogen) atoms. The lowest BCUT2D eigenvalue weighted by Crippen LogP contribution is -2.18. The maximum Gasteiger partial charge on any atom is 0.307 e. The Hall–Kier alpha value is -2.05. The Morgan fingerprint density at radius 2 is 2.44 bits per heavy atom. The number of hydrogen-bond acceptors (Lipinski definition) is 6. The molecule has 88 valence electrons. The van der Waals surface area contributed by atoms with Crippen LogP contribution in [-0.2, 0) is 9.53 Å². The maximum absolute atomic E-state index is 11.1. The number of H-pyrrole nitrogens is 1. The van der Waals surface area contributed by atoms with Gasteiger partial charge in [0.25, 0.3) is 5.56 Å². The number of carbonyl (C=O) groups is 1. The first-order valence-corrected chi connectivity index (χ1v) is 4.87. The molecular weight excluding hydrogens is 212 g/mol. The molecule has 0 aromatic carbocycles. The lowest BCUT2D eigenvalue weighted by molar-refractivity contribution is -0.142. The van der Waals surface area contributed by atoms with Crippen molar-refractivity contribution in [2.45, 2.75) is 13.3 Å². The van der Waals surface area contributed by atoms with Crippen LogP contribution in [0.1, 0.15) is 13.3 Å². The van der Waals surface area contributed by atoms with Crippen molar-refractivity contribution in [1.82, 2.24) is 9.97 Å². The Morgan fingerprint density at radius 3 is 3.12 bits per heavy atom. The van der Waals surface area contributed by atoms with E-state index in [1.54, 1.807) is 6.92 Å². The number of nitrogens with zero attached hydrogens (tertiary/aromatic N) is 1. The fourth-order valence-corrected chi connectivity index (χ4v) is 1.07. The zero-order chi connectivity index (χ0) is 12.0. The molecule has 0 radical (unpaired) electrons. The van der Waals surface area contributed by atoms with Crippen molar-refractivity contribution < 1.29 is 9.53 Å². The minimum Gasteiger partial charge on any atom is -0.466 e. The van der Waals surface area contributed by atoms with Crippen LogP contribution in [0.15, 0.2) is 11.1 Å². The van der Waals surface area contributed by atoms with Crippen LogP contribution >= 0.6 is 0 Å². The Labute approximate surface area is 92.0 Å². The summed E-state index contributed by atoms with van der Waals surface area (Å²) in [7, 11) is 0. The van der Waals surface area contributed by atoms with E-state index < -0.39 is 5.56 Å². The number of ether oxygens (including phenoxy) is 1. The summed E-state index contributed by atoms with van der Waals surface area (Å²) in [5.74, 6) is -0.0357. The molecule has 0 aliphatic heterocycles. The third kappa shape index (κ3) is 3.26. The zero-order valence-corrected chi connectivity index (χ0v) is 8.95. The van der Waals surface area contributed by atoms with Gasteiger partial charge in [-0.05, 0) is 6.92 Å². The number of rotatable bonds is 5. The van der Waals surface area contributed by atoms with Gasteiger partial charge in [-0.3, -0.25) is 9.59 Å². The number of hydrogen-bond donors (Lipinski definition) is 3. The number of nitrogens with one attached hydrogen (secondary N) is 2. The smallest absolute Gasteiger partial charge is 0.307 e. The average Bonchev–Trinajstić information content (AvgIpc) is 2.25. The molecule has 7 nitrogen and oxygen atoms in total. The summed E-state index contributed by atoms with van der Waals surface area (Å²) in [4.78, 5) is 28.3. The number of nitrogens with two attached hydrogens (primary N) is 1. The zero-order valence-electron chi connectivity index (χ0n) is 8.95. The maximum atomic E-state index is 11.1. The number of carbonyl (C=O) groups excluding carboxylic acids is 1. The largest absolute Gasteiger partial charge is 0.466 e. The van der Waals surface area contributed by atoms with Gasteiger partial charge >= 0.3 is 5.97 Å². The fraction of sp³-hybridized carbons (Fsp3) is 0.444. The van der Waals surface area contributed by atoms with Crippen LogP contribution in [0, 0.1) is 0 Å². The van der Waals surface area contributed by atoms with Crippen molar-refractivity contribution in [2.75, 3.05) is 24.2 Å². The topological polar surface area (TPSA) is 110 Å². The molecule has 0 atom stereocenters. The third-order valence-electron chi connectivity index (χ3n) is 1.82. The molecule has 1 rings (SSSR count). The van der Waals surface area contributed by atoms with E-state index >= 15 is 0 Å². The number of esters is 1. The third-order valence-corrected chi connectivity index (χ3v) is 1.82. The highest BCUT2D eigenvalue weighted by molar-refractivity contribution is 5.70. The molecule has 7 heteroatoms. The first-order chi connectivity index (χ1) is 7.65. The molecule has 1 heterocycles. The monoisotopic (exact) mass is 226 g/mol. The number of anilines is 2. The summed E-state index contributed by atoms with van der Waals surface area (Å²) in [5.41, 5.74) is 5.07. The fourth-order valence-electron chi connectivity index (χ4n) is 1.07. The Bertz CT molecular complexity index is 415. The van der Waals surface area contributed by atoms with E-state index in [4.69, 9.17) is 10.5 Å². The van der Waals surface area contributed by atoms with Crippen molar-refractivity contribution in [3.8, 4) is 0 Å². The van der Waals surface area contributed by atoms with Crippen LogP contribution < -0.4 is 16.6 Å². The predicted molar refractivity (Wildman–Crippen MR) is 59.0 cm³/mol. The molecule has 0 spiro atoms. The van der Waals surface area contributed by atoms with Gasteiger partial charge in [-0.1, -0.05) is 0 Å². The van der Waals surface area contributed by atoms with E-state index in [0.29, 0.717) is 13.2 Å². The van der Waals surface area contributed by atoms with Crippen LogP contribution in [0.2, 0.25) is 0 Å². The summed E-state index contributed by atoms with van der Waals surface area (Å²) < 4.78 is 4.74. The quantitative estimate of drug-likeness (QED) is 0.595. The summed E-state index contributed by atoms with van der Waals surface area (Å²) in [6.07, 6.45) is 1.44. The van der Waals surface area contributed by atoms with E-state index in [2.05, 4.69) is 15.3 Å². The van der Waals surface area contributed by atoms with E-state index in [9.17, 15) is 9.59 Å². The van der Waals surface area contributed by atoms with E-state index in [0.717, 1.165) is 0 Å². The van der Waals surface area contributed by atoms with Gasteiger partial charge in [0.1, 0.15) is 5.69 Å². The van der Waals surface area contributed by atoms with Crippen molar-refractivity contribution >= 4 is 17.5 Å². The van der Waals surface area contributed by atoms with Gasteiger partial charge in [0.2, 0.25) is 0 Å². The van der Waals surface area contributed by atoms with Gasteiger partial charge in [-0.2, -0.15) is 0 Å². The molecule has 0 unspecified atom stereocenters. The van der Waals surface area contributed by atoms with Crippen LogP contribution in [0.3, 0.4) is 0 Å². The molecule has 0 saturated carbocycles. The molecule has 0 fully saturated rings. The van der Waals surface area contributed by atoms with Crippen LogP contribution in [0.4, 0.5) is 11.5 Å². The van der Waals surface area contributed by atoms with Gasteiger partial charge in [0.05, 0.1) is 19.4 Å². The Kier molecular flexibility index (Phi) is 4.31. The summed E-state index contributed by atoms with van der Waals surface area (Å²) in [6.45, 7) is 2.41. The highest BCUT2D eigenvalue weighted by atomic mass is 16.5. The van der Waals surface area contributed by atoms with Crippen molar-refractivity contribution in [3.63, 3.8) is 0 Å². The minimum absolute atomic E-state index is 0.00589. The lowest BCUT2D eigenvalue weighted by Gasteiger charge is -2.06. The number of nitrogen functional groups attached to an aromatic ring is 1. The van der Waals surface area contributed by atoms with Crippen molar-refractivity contribution in [3.05, 3.63) is 16.7 Å². The first-order valence-electron chi connectivity index (χ1n) is 4.87. The predicted octanol–water partition coefficient (Wildman–Crippen LogP) is -0.283. The highest BCUT2D eigenvalue weighted by Crippen LogP contribution is 2.06. The lowest BCUT2D eigenvalue weighted by atomic mass is 10.4. The van der Waals surface area contributed by atoms with E-state index in [-0.39, 0.29) is 23.9 Å². The normalized spacial score (nSPS) is 9.81. The van der Waals surface area contributed by atoms with Crippen LogP contribution in [0.5, 0.6) is 0 Å². The molecule has 0 aliphatic carbocycles. The second-order valence-electron chi connectivity index (χ2n) is 2.98. The Balaban J connectivity index is 2.46. The summed E-state index contributed by atoms with van der Waals surface area (Å²) in [5, 5.41) is 2.79. The van der Waals surface area contributed by atoms with Gasteiger partial charge in [-0.15, -0.1) is 0 Å². The van der Waals surface area contributed by atoms with E-state index in [1.807, 2.05) is 0 Å². The highest BCUT2D eigenvalue weighted by Gasteiger charge is 2.05. The summed E-state index contributed by atoms with van der Waals surface area (Å²) >= 11 is 0. The SMILES string of the molecule is CCOC(=O)CCNc1nc[nH]c(=O)c1N. The average molecular weight is 226 g/mol. The molecule has 0 aliphatic rings. The Morgan fingerprint density at radius 1 is 1.69 bits per heavy atom. The van der Waals surface area contributed by atoms with Crippen molar-refractivity contribution in [1.29, 1.82) is 0 Å².